The largest absolute Gasteiger partial charge is 0.271 e. The lowest BCUT2D eigenvalue weighted by molar-refractivity contribution is 0.0952. The van der Waals surface area contributed by atoms with Gasteiger partial charge in [0.25, 0.3) is 5.91 Å². The molecule has 0 amide bonds. The van der Waals surface area contributed by atoms with Crippen molar-refractivity contribution in [3.8, 4) is 0 Å². The Kier molecular flexibility index (Phi) is 4.68. The molecule has 1 heterocycles. The van der Waals surface area contributed by atoms with E-state index in [9.17, 15) is 4.79 Å². The normalized spacial score (nSPS) is 11.2. The molecule has 0 fully saturated rings. The number of aryl methyl sites for hydroxylation is 1. The summed E-state index contributed by atoms with van der Waals surface area (Å²) in [6.45, 7) is 3.67. The summed E-state index contributed by atoms with van der Waals surface area (Å²) >= 11 is 15.1. The summed E-state index contributed by atoms with van der Waals surface area (Å²) in [5.41, 5.74) is 2.35. The van der Waals surface area contributed by atoms with Gasteiger partial charge in [-0.15, -0.1) is 0 Å². The minimum absolute atomic E-state index is 0.220. The highest BCUT2D eigenvalue weighted by molar-refractivity contribution is 9.10. The van der Waals surface area contributed by atoms with Gasteiger partial charge in [-0.05, 0) is 53.5 Å². The van der Waals surface area contributed by atoms with E-state index in [1.165, 1.54) is 10.8 Å². The lowest BCUT2D eigenvalue weighted by Gasteiger charge is -1.99. The molecule has 6 heteroatoms. The zero-order valence-electron chi connectivity index (χ0n) is 10.8. The third-order valence-corrected chi connectivity index (χ3v) is 4.66. The van der Waals surface area contributed by atoms with E-state index in [0.29, 0.717) is 10.0 Å². The number of halogens is 3. The molecular weight excluding hydrogens is 363 g/mol. The first kappa shape index (κ1) is 15.3. The quantitative estimate of drug-likeness (QED) is 0.700. The fraction of sp³-hybridized carbons (Fsp3) is 0.143. The fourth-order valence-electron chi connectivity index (χ4n) is 1.69. The third kappa shape index (κ3) is 3.14. The van der Waals surface area contributed by atoms with Crippen LogP contribution >= 0.6 is 39.1 Å². The number of hydrogen-bond donors (Lipinski definition) is 0. The van der Waals surface area contributed by atoms with Gasteiger partial charge in [-0.2, -0.15) is 5.10 Å². The zero-order chi connectivity index (χ0) is 14.9. The van der Waals surface area contributed by atoms with Crippen molar-refractivity contribution in [3.63, 3.8) is 0 Å². The molecule has 0 N–H and O–H groups in total. The maximum Gasteiger partial charge on any atom is 0.271 e. The van der Waals surface area contributed by atoms with Crippen LogP contribution in [0.25, 0.3) is 6.08 Å². The van der Waals surface area contributed by atoms with E-state index in [2.05, 4.69) is 21.0 Å². The number of rotatable bonds is 2. The predicted molar refractivity (Wildman–Crippen MR) is 85.5 cm³/mol. The predicted octanol–water partition coefficient (Wildman–Crippen LogP) is 4.92. The van der Waals surface area contributed by atoms with Crippen molar-refractivity contribution >= 4 is 51.1 Å². The number of nitrogens with zero attached hydrogens (tertiary/aromatic N) is 2. The summed E-state index contributed by atoms with van der Waals surface area (Å²) in [4.78, 5) is 12.1. The van der Waals surface area contributed by atoms with Gasteiger partial charge in [0.1, 0.15) is 0 Å². The average molecular weight is 374 g/mol. The molecule has 0 saturated carbocycles. The van der Waals surface area contributed by atoms with Crippen molar-refractivity contribution in [2.75, 3.05) is 0 Å². The molecule has 104 valence electrons. The molecule has 0 unspecified atom stereocenters. The molecule has 0 radical (unpaired) electrons. The van der Waals surface area contributed by atoms with E-state index < -0.39 is 0 Å². The smallest absolute Gasteiger partial charge is 0.267 e. The summed E-state index contributed by atoms with van der Waals surface area (Å²) in [7, 11) is 0. The molecule has 2 rings (SSSR count). The Morgan fingerprint density at radius 3 is 2.55 bits per heavy atom. The SMILES string of the molecule is Cc1nn(C(=O)/C=C/c2ccc(Cl)c(Cl)c2)c(C)c1Br. The van der Waals surface area contributed by atoms with E-state index in [-0.39, 0.29) is 5.91 Å². The lowest BCUT2D eigenvalue weighted by Crippen LogP contribution is -2.11. The Balaban J connectivity index is 2.24. The Labute approximate surface area is 135 Å². The molecule has 20 heavy (non-hydrogen) atoms. The van der Waals surface area contributed by atoms with E-state index in [4.69, 9.17) is 23.2 Å². The van der Waals surface area contributed by atoms with E-state index in [1.54, 1.807) is 24.3 Å². The van der Waals surface area contributed by atoms with Gasteiger partial charge in [0, 0.05) is 6.08 Å². The summed E-state index contributed by atoms with van der Waals surface area (Å²) < 4.78 is 2.20. The van der Waals surface area contributed by atoms with Crippen LogP contribution in [0.4, 0.5) is 0 Å². The van der Waals surface area contributed by atoms with Crippen LogP contribution in [0.2, 0.25) is 10.0 Å². The molecular formula is C14H11BrCl2N2O. The number of allylic oxidation sites excluding steroid dienone is 1. The van der Waals surface area contributed by atoms with Gasteiger partial charge in [-0.3, -0.25) is 4.79 Å². The van der Waals surface area contributed by atoms with Crippen LogP contribution in [0, 0.1) is 13.8 Å². The second kappa shape index (κ2) is 6.12. The first-order valence-corrected chi connectivity index (χ1v) is 7.34. The van der Waals surface area contributed by atoms with Crippen LogP contribution < -0.4 is 0 Å². The van der Waals surface area contributed by atoms with E-state index in [0.717, 1.165) is 21.4 Å². The fourth-order valence-corrected chi connectivity index (χ4v) is 2.25. The molecule has 1 aromatic heterocycles. The Hall–Kier alpha value is -1.10. The minimum Gasteiger partial charge on any atom is -0.267 e. The van der Waals surface area contributed by atoms with Gasteiger partial charge in [-0.1, -0.05) is 29.3 Å². The second-order valence-corrected chi connectivity index (χ2v) is 5.85. The molecule has 0 aliphatic rings. The van der Waals surface area contributed by atoms with Crippen LogP contribution in [-0.2, 0) is 0 Å². The Bertz CT molecular complexity index is 707. The summed E-state index contributed by atoms with van der Waals surface area (Å²) in [5.74, 6) is -0.220. The Morgan fingerprint density at radius 1 is 1.30 bits per heavy atom. The highest BCUT2D eigenvalue weighted by Gasteiger charge is 2.12. The second-order valence-electron chi connectivity index (χ2n) is 4.24. The van der Waals surface area contributed by atoms with Crippen LogP contribution in [0.3, 0.4) is 0 Å². The number of aromatic nitrogens is 2. The van der Waals surface area contributed by atoms with Crippen molar-refractivity contribution in [2.24, 2.45) is 0 Å². The highest BCUT2D eigenvalue weighted by atomic mass is 79.9. The van der Waals surface area contributed by atoms with Crippen molar-refractivity contribution < 1.29 is 4.79 Å². The monoisotopic (exact) mass is 372 g/mol. The van der Waals surface area contributed by atoms with Crippen molar-refractivity contribution in [1.29, 1.82) is 0 Å². The molecule has 3 nitrogen and oxygen atoms in total. The van der Waals surface area contributed by atoms with Crippen molar-refractivity contribution in [2.45, 2.75) is 13.8 Å². The molecule has 0 aliphatic carbocycles. The number of carbonyl (C=O) groups is 1. The number of carbonyl (C=O) groups excluding carboxylic acids is 1. The van der Waals surface area contributed by atoms with Crippen molar-refractivity contribution in [3.05, 3.63) is 55.7 Å². The van der Waals surface area contributed by atoms with Gasteiger partial charge in [-0.25, -0.2) is 4.68 Å². The van der Waals surface area contributed by atoms with Gasteiger partial charge >= 0.3 is 0 Å². The van der Waals surface area contributed by atoms with Crippen LogP contribution in [-0.4, -0.2) is 15.7 Å². The van der Waals surface area contributed by atoms with Crippen LogP contribution in [0.1, 0.15) is 21.7 Å². The molecule has 1 aromatic carbocycles. The molecule has 0 saturated heterocycles. The minimum atomic E-state index is -0.220. The van der Waals surface area contributed by atoms with Crippen molar-refractivity contribution in [1.82, 2.24) is 9.78 Å². The van der Waals surface area contributed by atoms with Gasteiger partial charge in [0.15, 0.2) is 0 Å². The molecule has 0 aliphatic heterocycles. The summed E-state index contributed by atoms with van der Waals surface area (Å²) in [6, 6.07) is 5.17. The molecule has 0 bridgehead atoms. The number of benzene rings is 1. The summed E-state index contributed by atoms with van der Waals surface area (Å²) in [5, 5.41) is 5.11. The summed E-state index contributed by atoms with van der Waals surface area (Å²) in [6.07, 6.45) is 3.13. The van der Waals surface area contributed by atoms with Gasteiger partial charge in [0.05, 0.1) is 25.9 Å². The van der Waals surface area contributed by atoms with E-state index >= 15 is 0 Å². The van der Waals surface area contributed by atoms with Gasteiger partial charge < -0.3 is 0 Å². The van der Waals surface area contributed by atoms with E-state index in [1.807, 2.05) is 13.8 Å². The standard InChI is InChI=1S/C14H11BrCl2N2O/c1-8-14(15)9(2)19(18-8)13(20)6-4-10-3-5-11(16)12(17)7-10/h3-7H,1-2H3/b6-4+. The average Bonchev–Trinajstić information content (AvgIpc) is 2.67. The maximum absolute atomic E-state index is 12.1. The topological polar surface area (TPSA) is 34.9 Å². The Morgan fingerprint density at radius 2 is 2.00 bits per heavy atom. The first-order valence-electron chi connectivity index (χ1n) is 5.79. The molecule has 0 atom stereocenters. The zero-order valence-corrected chi connectivity index (χ0v) is 13.9. The lowest BCUT2D eigenvalue weighted by atomic mass is 10.2. The van der Waals surface area contributed by atoms with Gasteiger partial charge in [0.2, 0.25) is 0 Å². The third-order valence-electron chi connectivity index (χ3n) is 2.77. The first-order chi connectivity index (χ1) is 9.40. The van der Waals surface area contributed by atoms with Crippen LogP contribution in [0.5, 0.6) is 0 Å². The number of hydrogen-bond acceptors (Lipinski definition) is 2. The highest BCUT2D eigenvalue weighted by Crippen LogP contribution is 2.23. The van der Waals surface area contributed by atoms with Crippen LogP contribution in [0.15, 0.2) is 28.7 Å². The molecule has 2 aromatic rings. The molecule has 0 spiro atoms. The maximum atomic E-state index is 12.1.